The predicted molar refractivity (Wildman–Crippen MR) is 207 cm³/mol. The Morgan fingerprint density at radius 3 is 2.07 bits per heavy atom. The van der Waals surface area contributed by atoms with Crippen molar-refractivity contribution in [3.05, 3.63) is 138 Å². The summed E-state index contributed by atoms with van der Waals surface area (Å²) in [5.41, 5.74) is 2.04. The molecule has 294 valence electrons. The molecule has 0 saturated carbocycles. The van der Waals surface area contributed by atoms with Gasteiger partial charge in [-0.25, -0.2) is 27.0 Å². The lowest BCUT2D eigenvalue weighted by Crippen LogP contribution is -2.43. The number of benzene rings is 5. The molecule has 0 aliphatic rings. The van der Waals surface area contributed by atoms with E-state index in [0.29, 0.717) is 64.5 Å². The van der Waals surface area contributed by atoms with Gasteiger partial charge in [0, 0.05) is 25.3 Å². The number of aromatic nitrogens is 1. The van der Waals surface area contributed by atoms with Crippen molar-refractivity contribution in [3.63, 3.8) is 0 Å². The Morgan fingerprint density at radius 1 is 0.825 bits per heavy atom. The van der Waals surface area contributed by atoms with Crippen molar-refractivity contribution in [1.82, 2.24) is 10.3 Å². The lowest BCUT2D eigenvalue weighted by molar-refractivity contribution is -0.139. The number of carboxylic acids is 1. The maximum absolute atomic E-state index is 15.4. The number of hydrogen-bond donors (Lipinski definition) is 3. The predicted octanol–water partition coefficient (Wildman–Crippen LogP) is 7.77. The highest BCUT2D eigenvalue weighted by molar-refractivity contribution is 7.92. The fourth-order valence-corrected chi connectivity index (χ4v) is 7.45. The standard InChI is InChI=1S/C42H36F3N3O8S/c1-4-56-23-24-17-36(54-2)39(37(18-24)55-3)32-14-11-27(30-7-5-6-8-31(30)32)19-35(42(50)51)47-41(49)40-33(43)21-28(22-34(40)44)48-57(52,53)29-12-9-25(10-13-29)26-15-16-46-38(45)20-26/h5-18,20-22,35,48H,4,19,23H2,1-3H3,(H,47,49)(H,50,51). The van der Waals surface area contributed by atoms with E-state index in [4.69, 9.17) is 14.2 Å². The molecule has 0 bridgehead atoms. The lowest BCUT2D eigenvalue weighted by atomic mass is 9.91. The van der Waals surface area contributed by atoms with Crippen molar-refractivity contribution in [1.29, 1.82) is 0 Å². The van der Waals surface area contributed by atoms with E-state index in [1.54, 1.807) is 24.3 Å². The number of methoxy groups -OCH3 is 2. The van der Waals surface area contributed by atoms with Crippen molar-refractivity contribution in [2.24, 2.45) is 0 Å². The Kier molecular flexibility index (Phi) is 12.1. The molecule has 0 radical (unpaired) electrons. The van der Waals surface area contributed by atoms with E-state index >= 15 is 8.78 Å². The molecule has 15 heteroatoms. The minimum Gasteiger partial charge on any atom is -0.496 e. The second-order valence-corrected chi connectivity index (χ2v) is 14.4. The van der Waals surface area contributed by atoms with E-state index in [-0.39, 0.29) is 11.3 Å². The van der Waals surface area contributed by atoms with Crippen LogP contribution < -0.4 is 19.5 Å². The van der Waals surface area contributed by atoms with Gasteiger partial charge >= 0.3 is 5.97 Å². The fraction of sp³-hybridized carbons (Fsp3) is 0.167. The monoisotopic (exact) mass is 799 g/mol. The van der Waals surface area contributed by atoms with Crippen LogP contribution in [0.4, 0.5) is 18.9 Å². The first kappa shape index (κ1) is 40.2. The second kappa shape index (κ2) is 17.1. The SMILES string of the molecule is CCOCc1cc(OC)c(-c2ccc(CC(NC(=O)c3c(F)cc(NS(=O)(=O)c4ccc(-c5ccnc(F)c5)cc4)cc3F)C(=O)O)c3ccccc23)c(OC)c1. The second-order valence-electron chi connectivity index (χ2n) is 12.7. The van der Waals surface area contributed by atoms with Crippen LogP contribution in [0.2, 0.25) is 0 Å². The van der Waals surface area contributed by atoms with Gasteiger partial charge in [0.05, 0.1) is 37.0 Å². The number of fused-ring (bicyclic) bond motifs is 1. The zero-order chi connectivity index (χ0) is 40.9. The number of nitrogens with zero attached hydrogens (tertiary/aromatic N) is 1. The van der Waals surface area contributed by atoms with Gasteiger partial charge in [0.1, 0.15) is 34.7 Å². The fourth-order valence-electron chi connectivity index (χ4n) is 6.41. The van der Waals surface area contributed by atoms with Gasteiger partial charge in [0.2, 0.25) is 5.95 Å². The Hall–Kier alpha value is -6.45. The third-order valence-electron chi connectivity index (χ3n) is 9.10. The van der Waals surface area contributed by atoms with Gasteiger partial charge in [-0.1, -0.05) is 48.5 Å². The maximum Gasteiger partial charge on any atom is 0.326 e. The highest BCUT2D eigenvalue weighted by Gasteiger charge is 2.28. The van der Waals surface area contributed by atoms with E-state index in [1.165, 1.54) is 56.8 Å². The molecule has 6 aromatic rings. The number of amides is 1. The molecule has 0 spiro atoms. The van der Waals surface area contributed by atoms with Crippen LogP contribution in [0.5, 0.6) is 11.5 Å². The molecule has 1 aromatic heterocycles. The molecule has 0 aliphatic heterocycles. The summed E-state index contributed by atoms with van der Waals surface area (Å²) in [7, 11) is -1.30. The van der Waals surface area contributed by atoms with Gasteiger partial charge in [0.15, 0.2) is 0 Å². The smallest absolute Gasteiger partial charge is 0.326 e. The lowest BCUT2D eigenvalue weighted by Gasteiger charge is -2.20. The third kappa shape index (κ3) is 8.84. The number of ether oxygens (including phenoxy) is 3. The number of anilines is 1. The number of hydrogen-bond acceptors (Lipinski definition) is 8. The average Bonchev–Trinajstić information content (AvgIpc) is 3.19. The van der Waals surface area contributed by atoms with Crippen LogP contribution in [-0.4, -0.2) is 57.3 Å². The topological polar surface area (TPSA) is 153 Å². The number of halogens is 3. The Bertz CT molecular complexity index is 2540. The number of carbonyl (C=O) groups excluding carboxylic acids is 1. The molecule has 0 aliphatic carbocycles. The van der Waals surface area contributed by atoms with E-state index in [9.17, 15) is 27.5 Å². The van der Waals surface area contributed by atoms with Crippen molar-refractivity contribution < 1.29 is 50.5 Å². The molecule has 11 nitrogen and oxygen atoms in total. The number of aliphatic carboxylic acids is 1. The van der Waals surface area contributed by atoms with E-state index in [2.05, 4.69) is 15.0 Å². The molecule has 1 atom stereocenters. The Morgan fingerprint density at radius 2 is 1.47 bits per heavy atom. The minimum absolute atomic E-state index is 0.262. The number of carbonyl (C=O) groups is 2. The largest absolute Gasteiger partial charge is 0.496 e. The van der Waals surface area contributed by atoms with Crippen LogP contribution in [0.3, 0.4) is 0 Å². The van der Waals surface area contributed by atoms with E-state index in [1.807, 2.05) is 31.2 Å². The van der Waals surface area contributed by atoms with Gasteiger partial charge in [0.25, 0.3) is 15.9 Å². The van der Waals surface area contributed by atoms with Crippen molar-refractivity contribution in [2.45, 2.75) is 30.9 Å². The molecule has 1 unspecified atom stereocenters. The van der Waals surface area contributed by atoms with Crippen LogP contribution in [0.25, 0.3) is 33.0 Å². The van der Waals surface area contributed by atoms with Crippen LogP contribution in [-0.2, 0) is 32.6 Å². The zero-order valence-electron chi connectivity index (χ0n) is 30.8. The first-order valence-electron chi connectivity index (χ1n) is 17.4. The molecule has 3 N–H and O–H groups in total. The highest BCUT2D eigenvalue weighted by Crippen LogP contribution is 2.43. The summed E-state index contributed by atoms with van der Waals surface area (Å²) in [6.45, 7) is 2.76. The number of carboxylic acid groups (broad SMARTS) is 1. The Balaban J connectivity index is 1.23. The van der Waals surface area contributed by atoms with Gasteiger partial charge < -0.3 is 24.6 Å². The molecule has 5 aromatic carbocycles. The molecular formula is C42H36F3N3O8S. The summed E-state index contributed by atoms with van der Waals surface area (Å²) < 4.78 is 89.5. The molecular weight excluding hydrogens is 764 g/mol. The van der Waals surface area contributed by atoms with Gasteiger partial charge in [-0.05, 0) is 88.0 Å². The molecule has 1 amide bonds. The number of pyridine rings is 1. The van der Waals surface area contributed by atoms with Crippen LogP contribution in [0, 0.1) is 17.6 Å². The van der Waals surface area contributed by atoms with E-state index in [0.717, 1.165) is 16.5 Å². The molecule has 1 heterocycles. The molecule has 0 fully saturated rings. The normalized spacial score (nSPS) is 11.9. The maximum atomic E-state index is 15.4. The van der Waals surface area contributed by atoms with E-state index < -0.39 is 56.8 Å². The number of rotatable bonds is 15. The highest BCUT2D eigenvalue weighted by atomic mass is 32.2. The summed E-state index contributed by atoms with van der Waals surface area (Å²) in [6, 6.07) is 22.0. The summed E-state index contributed by atoms with van der Waals surface area (Å²) >= 11 is 0. The molecule has 6 rings (SSSR count). The van der Waals surface area contributed by atoms with Gasteiger partial charge in [-0.3, -0.25) is 9.52 Å². The first-order valence-corrected chi connectivity index (χ1v) is 18.9. The summed E-state index contributed by atoms with van der Waals surface area (Å²) in [5, 5.41) is 13.7. The van der Waals surface area contributed by atoms with Gasteiger partial charge in [-0.15, -0.1) is 0 Å². The van der Waals surface area contributed by atoms with Gasteiger partial charge in [-0.2, -0.15) is 4.39 Å². The first-order chi connectivity index (χ1) is 27.3. The number of sulfonamides is 1. The summed E-state index contributed by atoms with van der Waals surface area (Å²) in [5.74, 6) is -5.37. The number of nitrogens with one attached hydrogen (secondary N) is 2. The quantitative estimate of drug-likeness (QED) is 0.0885. The minimum atomic E-state index is -4.37. The van der Waals surface area contributed by atoms with Crippen molar-refractivity contribution in [3.8, 4) is 33.8 Å². The van der Waals surface area contributed by atoms with Crippen LogP contribution >= 0.6 is 0 Å². The molecule has 0 saturated heterocycles. The van der Waals surface area contributed by atoms with Crippen molar-refractivity contribution >= 4 is 38.4 Å². The molecule has 57 heavy (non-hydrogen) atoms. The summed E-state index contributed by atoms with van der Waals surface area (Å²) in [6.07, 6.45) is 0.994. The van der Waals surface area contributed by atoms with Crippen LogP contribution in [0.15, 0.2) is 108 Å². The average molecular weight is 800 g/mol. The van der Waals surface area contributed by atoms with Crippen LogP contribution in [0.1, 0.15) is 28.4 Å². The Labute approximate surface area is 326 Å². The summed E-state index contributed by atoms with van der Waals surface area (Å²) in [4.78, 5) is 28.9. The third-order valence-corrected chi connectivity index (χ3v) is 10.5. The van der Waals surface area contributed by atoms with Crippen molar-refractivity contribution in [2.75, 3.05) is 25.5 Å². The zero-order valence-corrected chi connectivity index (χ0v) is 31.6.